The van der Waals surface area contributed by atoms with Crippen molar-refractivity contribution >= 4 is 23.8 Å². The van der Waals surface area contributed by atoms with Gasteiger partial charge in [-0.3, -0.25) is 9.98 Å². The molecule has 4 rings (SSSR count). The Kier molecular flexibility index (Phi) is 21.8. The molecule has 0 bridgehead atoms. The fraction of sp³-hybridized carbons (Fsp3) is 0.435. The third kappa shape index (κ3) is 12.3. The Morgan fingerprint density at radius 3 is 0.581 bits per heavy atom. The van der Waals surface area contributed by atoms with E-state index < -0.39 is 153 Å². The first-order chi connectivity index (χ1) is 40.4. The number of hydrogen-bond donors (Lipinski definition) is 2. The molecule has 0 radical (unpaired) electrons. The van der Waals surface area contributed by atoms with Gasteiger partial charge in [-0.05, 0) is 48.5 Å². The summed E-state index contributed by atoms with van der Waals surface area (Å²) in [6, 6.07) is 9.76. The number of halogens is 42. The zero-order chi connectivity index (χ0) is 72.8. The van der Waals surface area contributed by atoms with Crippen LogP contribution in [0.3, 0.4) is 0 Å². The minimum Gasteiger partial charge on any atom is -0.507 e. The number of phenolic OH excluding ortho intramolecular Hbond substituents is 2. The van der Waals surface area contributed by atoms with Crippen LogP contribution >= 0.6 is 0 Å². The van der Waals surface area contributed by atoms with Crippen molar-refractivity contribution in [1.29, 1.82) is 0 Å². The van der Waals surface area contributed by atoms with E-state index in [1.807, 2.05) is 0 Å². The van der Waals surface area contributed by atoms with Gasteiger partial charge in [-0.15, -0.1) is 0 Å². The normalized spacial score (nSPS) is 15.3. The summed E-state index contributed by atoms with van der Waals surface area (Å²) in [5.41, 5.74) is -6.24. The summed E-state index contributed by atoms with van der Waals surface area (Å²) in [5.74, 6) is -156. The fourth-order valence-corrected chi connectivity index (χ4v) is 6.47. The van der Waals surface area contributed by atoms with Crippen molar-refractivity contribution in [2.75, 3.05) is 0 Å². The Bertz CT molecular complexity index is 3080. The number of hydrogen-bond acceptors (Lipinski definition) is 4. The molecule has 0 spiro atoms. The Labute approximate surface area is 494 Å². The number of nitrogens with zero attached hydrogens (tertiary/aromatic N) is 2. The zero-order valence-electron chi connectivity index (χ0n) is 42.4. The molecule has 0 fully saturated rings. The van der Waals surface area contributed by atoms with Gasteiger partial charge in [-0.1, -0.05) is 48.5 Å². The molecule has 0 heterocycles. The molecule has 0 unspecified atom stereocenters. The number of aliphatic imine (C=N–C) groups is 2. The monoisotopic (exact) mass is 1490 g/mol. The van der Waals surface area contributed by atoms with E-state index in [0.29, 0.717) is 0 Å². The third-order valence-corrected chi connectivity index (χ3v) is 12.1. The number of aromatic hydroxyl groups is 2. The molecule has 4 aromatic carbocycles. The molecule has 4 aromatic rings. The smallest absolute Gasteiger partial charge is 0.460 e. The SMILES string of the molecule is Oc1ccccc1C=Nc1ccc(C(F)(F)C(F)(F)C(F)(F)C(F)(F)C(F)(F)C(F)(F)C(F)(F)C(F)(F)C(F)(F)C(F)(F)F)cc1.Oc1ccccc1C=Nc1ccc(C(F)(F)C(F)(F)C(F)(F)C(F)(F)C(F)(F)C(F)(F)C(F)(F)C(F)(F)C(F)(F)C(F)(F)F)cc1.[Ni]. The summed E-state index contributed by atoms with van der Waals surface area (Å²) in [6.45, 7) is 0. The van der Waals surface area contributed by atoms with E-state index in [9.17, 15) is 195 Å². The number of rotatable bonds is 22. The molecule has 0 amide bonds. The quantitative estimate of drug-likeness (QED) is 0.0468. The summed E-state index contributed by atoms with van der Waals surface area (Å²) in [7, 11) is 0. The van der Waals surface area contributed by atoms with Crippen LogP contribution in [0.25, 0.3) is 0 Å². The maximum absolute atomic E-state index is 14.4. The van der Waals surface area contributed by atoms with Gasteiger partial charge in [0.2, 0.25) is 0 Å². The van der Waals surface area contributed by atoms with Crippen molar-refractivity contribution in [2.24, 2.45) is 9.98 Å². The first kappa shape index (κ1) is 82.5. The Morgan fingerprint density at radius 2 is 0.398 bits per heavy atom. The van der Waals surface area contributed by atoms with Crippen molar-refractivity contribution < 1.29 is 211 Å². The molecule has 2 N–H and O–H groups in total. The van der Waals surface area contributed by atoms with E-state index in [0.717, 1.165) is 24.6 Å². The molecule has 0 saturated carbocycles. The van der Waals surface area contributed by atoms with Crippen LogP contribution in [-0.2, 0) is 28.3 Å². The molecule has 0 aliphatic heterocycles. The number of para-hydroxylation sites is 2. The summed E-state index contributed by atoms with van der Waals surface area (Å²) in [4.78, 5) is 7.04. The number of alkyl halides is 42. The third-order valence-electron chi connectivity index (χ3n) is 12.1. The minimum atomic E-state index is -9.22. The van der Waals surface area contributed by atoms with Gasteiger partial charge in [0.15, 0.2) is 0 Å². The first-order valence-electron chi connectivity index (χ1n) is 22.2. The molecule has 0 atom stereocenters. The van der Waals surface area contributed by atoms with Gasteiger partial charge in [0.1, 0.15) is 11.5 Å². The number of phenols is 2. The average molecular weight is 1490 g/mol. The summed E-state index contributed by atoms with van der Waals surface area (Å²) >= 11 is 0. The van der Waals surface area contributed by atoms with Gasteiger partial charge >= 0.3 is 119 Å². The van der Waals surface area contributed by atoms with Gasteiger partial charge < -0.3 is 10.2 Å². The van der Waals surface area contributed by atoms with Crippen LogP contribution in [0.1, 0.15) is 22.3 Å². The Morgan fingerprint density at radius 1 is 0.226 bits per heavy atom. The predicted octanol–water partition coefficient (Wildman–Crippen LogP) is 19.8. The molecule has 0 aliphatic rings. The second kappa shape index (κ2) is 24.5. The van der Waals surface area contributed by atoms with Crippen LogP contribution in [0, 0.1) is 0 Å². The van der Waals surface area contributed by atoms with Crippen molar-refractivity contribution in [2.45, 2.75) is 119 Å². The maximum Gasteiger partial charge on any atom is 0.460 e. The van der Waals surface area contributed by atoms with Crippen LogP contribution in [-0.4, -0.2) is 130 Å². The topological polar surface area (TPSA) is 65.2 Å². The van der Waals surface area contributed by atoms with E-state index in [2.05, 4.69) is 9.98 Å². The fourth-order valence-electron chi connectivity index (χ4n) is 6.47. The largest absolute Gasteiger partial charge is 0.507 e. The predicted molar refractivity (Wildman–Crippen MR) is 223 cm³/mol. The molecule has 530 valence electrons. The van der Waals surface area contributed by atoms with Gasteiger partial charge in [0.25, 0.3) is 0 Å². The van der Waals surface area contributed by atoms with E-state index >= 15 is 0 Å². The van der Waals surface area contributed by atoms with Crippen molar-refractivity contribution in [3.8, 4) is 11.5 Å². The summed E-state index contributed by atoms with van der Waals surface area (Å²) < 4.78 is 569. The van der Waals surface area contributed by atoms with Crippen LogP contribution in [0.15, 0.2) is 107 Å². The number of benzene rings is 4. The molecule has 0 aromatic heterocycles. The molecule has 0 saturated heterocycles. The molecular formula is C46H20F42N2NiO2. The van der Waals surface area contributed by atoms with Gasteiger partial charge in [0.05, 0.1) is 11.4 Å². The summed E-state index contributed by atoms with van der Waals surface area (Å²) in [5, 5.41) is 19.1. The summed E-state index contributed by atoms with van der Waals surface area (Å²) in [6.07, 6.45) is -14.5. The van der Waals surface area contributed by atoms with Crippen LogP contribution < -0.4 is 0 Å². The second-order valence-corrected chi connectivity index (χ2v) is 18.1. The van der Waals surface area contributed by atoms with E-state index in [4.69, 9.17) is 0 Å². The van der Waals surface area contributed by atoms with Gasteiger partial charge in [0, 0.05) is 51.2 Å². The van der Waals surface area contributed by atoms with Crippen LogP contribution in [0.4, 0.5) is 196 Å². The van der Waals surface area contributed by atoms with Crippen LogP contribution in [0.2, 0.25) is 0 Å². The van der Waals surface area contributed by atoms with Crippen molar-refractivity contribution in [3.63, 3.8) is 0 Å². The Balaban J connectivity index is 0.000000627. The first-order valence-corrected chi connectivity index (χ1v) is 22.2. The van der Waals surface area contributed by atoms with Gasteiger partial charge in [-0.2, -0.15) is 184 Å². The Hall–Kier alpha value is -6.63. The van der Waals surface area contributed by atoms with E-state index in [1.165, 1.54) is 36.4 Å². The zero-order valence-corrected chi connectivity index (χ0v) is 43.4. The molecule has 0 aliphatic carbocycles. The molecular weight excluding hydrogens is 1470 g/mol. The molecule has 93 heavy (non-hydrogen) atoms. The average Bonchev–Trinajstić information content (AvgIpc) is 0.694. The standard InChI is InChI=1S/2C23H10F21NO.Ni/c2*24-14(25,11-5-7-12(8-6-11)45-9-10-3-1-2-4-13(10)46)15(26,27)16(28,29)17(30,31)18(32,33)19(34,35)20(36,37)21(38,39)22(40,41)23(42,43)44;/h2*1-9,46H;. The molecule has 47 heteroatoms. The van der Waals surface area contributed by atoms with Gasteiger partial charge in [-0.25, -0.2) is 0 Å². The van der Waals surface area contributed by atoms with Crippen LogP contribution in [0.5, 0.6) is 11.5 Å². The van der Waals surface area contributed by atoms with Crippen molar-refractivity contribution in [3.05, 3.63) is 119 Å². The van der Waals surface area contributed by atoms with E-state index in [1.54, 1.807) is 0 Å². The molecule has 4 nitrogen and oxygen atoms in total. The van der Waals surface area contributed by atoms with Crippen molar-refractivity contribution in [1.82, 2.24) is 0 Å². The maximum atomic E-state index is 14.4. The van der Waals surface area contributed by atoms with E-state index in [-0.39, 0.29) is 76.1 Å². The second-order valence-electron chi connectivity index (χ2n) is 18.1. The minimum absolute atomic E-state index is 0.